The van der Waals surface area contributed by atoms with Gasteiger partial charge in [0.15, 0.2) is 0 Å². The molecule has 7 nitrogen and oxygen atoms in total. The fourth-order valence-electron chi connectivity index (χ4n) is 5.35. The molecule has 5 rings (SSSR count). The lowest BCUT2D eigenvalue weighted by atomic mass is 9.83. The van der Waals surface area contributed by atoms with E-state index in [9.17, 15) is 14.7 Å². The number of hydrogen-bond acceptors (Lipinski definition) is 5. The highest BCUT2D eigenvalue weighted by Gasteiger charge is 2.46. The van der Waals surface area contributed by atoms with Gasteiger partial charge in [0, 0.05) is 36.2 Å². The van der Waals surface area contributed by atoms with Crippen molar-refractivity contribution in [2.45, 2.75) is 75.6 Å². The van der Waals surface area contributed by atoms with Crippen molar-refractivity contribution in [3.63, 3.8) is 0 Å². The zero-order chi connectivity index (χ0) is 21.4. The molecule has 4 aliphatic rings. The van der Waals surface area contributed by atoms with Gasteiger partial charge in [-0.05, 0) is 56.7 Å². The van der Waals surface area contributed by atoms with Gasteiger partial charge in [-0.25, -0.2) is 0 Å². The number of aliphatic hydroxyl groups excluding tert-OH is 1. The quantitative estimate of drug-likeness (QED) is 0.753. The number of rotatable bonds is 5. The number of nitrogens with zero attached hydrogens (tertiary/aromatic N) is 1. The molecule has 0 spiro atoms. The van der Waals surface area contributed by atoms with Gasteiger partial charge in [-0.2, -0.15) is 0 Å². The first-order valence-electron chi connectivity index (χ1n) is 11.8. The number of nitrogens with one attached hydrogen (secondary N) is 1. The van der Waals surface area contributed by atoms with Gasteiger partial charge in [-0.1, -0.05) is 6.42 Å². The van der Waals surface area contributed by atoms with Crippen LogP contribution in [0.5, 0.6) is 5.75 Å². The second-order valence-corrected chi connectivity index (χ2v) is 9.42. The summed E-state index contributed by atoms with van der Waals surface area (Å²) in [6.07, 6.45) is 6.43. The molecule has 2 saturated heterocycles. The molecular formula is C24H32N2O5. The summed E-state index contributed by atoms with van der Waals surface area (Å²) in [6.45, 7) is 1.52. The van der Waals surface area contributed by atoms with Crippen LogP contribution in [0, 0.1) is 5.92 Å². The SMILES string of the molecule is O=C(Nc1ccc2c(c1)[C@H]1C[C@H](CC(=O)N3CCCCC3)O[C@H](CO)[C@H]1O2)C1CCC1. The Morgan fingerprint density at radius 1 is 1.13 bits per heavy atom. The van der Waals surface area contributed by atoms with Crippen molar-refractivity contribution in [2.24, 2.45) is 5.92 Å². The van der Waals surface area contributed by atoms with E-state index in [2.05, 4.69) is 5.32 Å². The molecule has 168 valence electrons. The van der Waals surface area contributed by atoms with Gasteiger partial charge < -0.3 is 24.8 Å². The minimum Gasteiger partial charge on any atom is -0.487 e. The van der Waals surface area contributed by atoms with E-state index < -0.39 is 6.10 Å². The Morgan fingerprint density at radius 2 is 1.94 bits per heavy atom. The van der Waals surface area contributed by atoms with Gasteiger partial charge in [0.1, 0.15) is 18.0 Å². The lowest BCUT2D eigenvalue weighted by Crippen LogP contribution is -2.48. The van der Waals surface area contributed by atoms with Crippen LogP contribution >= 0.6 is 0 Å². The molecule has 3 aliphatic heterocycles. The van der Waals surface area contributed by atoms with Crippen LogP contribution in [-0.4, -0.2) is 59.8 Å². The summed E-state index contributed by atoms with van der Waals surface area (Å²) in [4.78, 5) is 27.1. The first kappa shape index (κ1) is 20.8. The van der Waals surface area contributed by atoms with Crippen LogP contribution in [0.15, 0.2) is 18.2 Å². The zero-order valence-electron chi connectivity index (χ0n) is 17.9. The van der Waals surface area contributed by atoms with Gasteiger partial charge in [0.25, 0.3) is 0 Å². The highest BCUT2D eigenvalue weighted by atomic mass is 16.6. The van der Waals surface area contributed by atoms with Crippen LogP contribution in [0.4, 0.5) is 5.69 Å². The molecule has 1 aromatic carbocycles. The van der Waals surface area contributed by atoms with E-state index in [1.807, 2.05) is 23.1 Å². The van der Waals surface area contributed by atoms with E-state index in [0.717, 1.165) is 62.2 Å². The van der Waals surface area contributed by atoms with E-state index in [0.29, 0.717) is 12.8 Å². The number of carbonyl (C=O) groups excluding carboxylic acids is 2. The molecule has 2 amide bonds. The van der Waals surface area contributed by atoms with Crippen molar-refractivity contribution in [3.8, 4) is 5.75 Å². The number of ether oxygens (including phenoxy) is 2. The number of likely N-dealkylation sites (tertiary alicyclic amines) is 1. The summed E-state index contributed by atoms with van der Waals surface area (Å²) in [5.41, 5.74) is 1.82. The van der Waals surface area contributed by atoms with Gasteiger partial charge in [-0.3, -0.25) is 9.59 Å². The number of benzene rings is 1. The van der Waals surface area contributed by atoms with Crippen LogP contribution in [0.25, 0.3) is 0 Å². The largest absolute Gasteiger partial charge is 0.487 e. The molecule has 2 N–H and O–H groups in total. The lowest BCUT2D eigenvalue weighted by molar-refractivity contribution is -0.149. The smallest absolute Gasteiger partial charge is 0.227 e. The zero-order valence-corrected chi connectivity index (χ0v) is 17.9. The number of anilines is 1. The Morgan fingerprint density at radius 3 is 2.65 bits per heavy atom. The fourth-order valence-corrected chi connectivity index (χ4v) is 5.35. The molecule has 4 atom stereocenters. The highest BCUT2D eigenvalue weighted by Crippen LogP contribution is 2.47. The van der Waals surface area contributed by atoms with Crippen LogP contribution < -0.4 is 10.1 Å². The first-order chi connectivity index (χ1) is 15.1. The van der Waals surface area contributed by atoms with E-state index in [1.54, 1.807) is 0 Å². The number of amides is 2. The molecule has 31 heavy (non-hydrogen) atoms. The highest BCUT2D eigenvalue weighted by molar-refractivity contribution is 5.93. The van der Waals surface area contributed by atoms with E-state index in [-0.39, 0.29) is 42.5 Å². The second kappa shape index (κ2) is 8.79. The minimum atomic E-state index is -0.460. The van der Waals surface area contributed by atoms with Crippen molar-refractivity contribution < 1.29 is 24.2 Å². The van der Waals surface area contributed by atoms with Gasteiger partial charge in [-0.15, -0.1) is 0 Å². The molecule has 0 aromatic heterocycles. The van der Waals surface area contributed by atoms with Crippen LogP contribution in [0.1, 0.15) is 62.8 Å². The average molecular weight is 429 g/mol. The molecule has 3 heterocycles. The normalized spacial score (nSPS) is 30.0. The minimum absolute atomic E-state index is 0.0422. The lowest BCUT2D eigenvalue weighted by Gasteiger charge is -2.38. The van der Waals surface area contributed by atoms with Crippen molar-refractivity contribution in [3.05, 3.63) is 23.8 Å². The Kier molecular flexibility index (Phi) is 5.89. The van der Waals surface area contributed by atoms with Crippen molar-refractivity contribution in [1.82, 2.24) is 4.90 Å². The number of hydrogen-bond donors (Lipinski definition) is 2. The number of piperidine rings is 1. The van der Waals surface area contributed by atoms with E-state index >= 15 is 0 Å². The predicted octanol–water partition coefficient (Wildman–Crippen LogP) is 2.82. The third kappa shape index (κ3) is 4.17. The number of aliphatic hydroxyl groups is 1. The molecule has 1 saturated carbocycles. The first-order valence-corrected chi connectivity index (χ1v) is 11.8. The Labute approximate surface area is 183 Å². The topological polar surface area (TPSA) is 88.1 Å². The maximum absolute atomic E-state index is 12.8. The van der Waals surface area contributed by atoms with E-state index in [4.69, 9.17) is 9.47 Å². The summed E-state index contributed by atoms with van der Waals surface area (Å²) in [7, 11) is 0. The fraction of sp³-hybridized carbons (Fsp3) is 0.667. The summed E-state index contributed by atoms with van der Waals surface area (Å²) in [5, 5.41) is 13.0. The van der Waals surface area contributed by atoms with Gasteiger partial charge in [0.05, 0.1) is 19.1 Å². The van der Waals surface area contributed by atoms with Crippen LogP contribution in [0.2, 0.25) is 0 Å². The summed E-state index contributed by atoms with van der Waals surface area (Å²) in [6, 6.07) is 5.77. The molecule has 7 heteroatoms. The molecule has 1 aliphatic carbocycles. The molecular weight excluding hydrogens is 396 g/mol. The Bertz CT molecular complexity index is 833. The van der Waals surface area contributed by atoms with Crippen molar-refractivity contribution >= 4 is 17.5 Å². The number of fused-ring (bicyclic) bond motifs is 3. The van der Waals surface area contributed by atoms with Gasteiger partial charge in [0.2, 0.25) is 11.8 Å². The average Bonchev–Trinajstić information content (AvgIpc) is 3.10. The van der Waals surface area contributed by atoms with Crippen molar-refractivity contribution in [2.75, 3.05) is 25.0 Å². The molecule has 3 fully saturated rings. The third-order valence-electron chi connectivity index (χ3n) is 7.35. The monoisotopic (exact) mass is 428 g/mol. The number of carbonyl (C=O) groups is 2. The predicted molar refractivity (Wildman–Crippen MR) is 115 cm³/mol. The summed E-state index contributed by atoms with van der Waals surface area (Å²) in [5.74, 6) is 1.18. The maximum atomic E-state index is 12.8. The third-order valence-corrected chi connectivity index (χ3v) is 7.35. The standard InChI is InChI=1S/C24H32N2O5/c27-14-21-23-19(12-17(30-21)13-22(28)26-9-2-1-3-10-26)18-11-16(7-8-20(18)31-23)25-24(29)15-5-4-6-15/h7-8,11,15,17,19,21,23,27H,1-6,9-10,12-14H2,(H,25,29)/t17-,19-,21-,23+/m1/s1. The van der Waals surface area contributed by atoms with Crippen molar-refractivity contribution in [1.29, 1.82) is 0 Å². The van der Waals surface area contributed by atoms with Crippen LogP contribution in [-0.2, 0) is 14.3 Å². The molecule has 0 radical (unpaired) electrons. The summed E-state index contributed by atoms with van der Waals surface area (Å²) < 4.78 is 12.2. The Balaban J connectivity index is 1.29. The summed E-state index contributed by atoms with van der Waals surface area (Å²) >= 11 is 0. The Hall–Kier alpha value is -2.12. The van der Waals surface area contributed by atoms with E-state index in [1.165, 1.54) is 6.42 Å². The molecule has 1 aromatic rings. The molecule has 0 unspecified atom stereocenters. The second-order valence-electron chi connectivity index (χ2n) is 9.42. The van der Waals surface area contributed by atoms with Crippen LogP contribution in [0.3, 0.4) is 0 Å². The van der Waals surface area contributed by atoms with Gasteiger partial charge >= 0.3 is 0 Å². The molecule has 0 bridgehead atoms. The maximum Gasteiger partial charge on any atom is 0.227 e.